The smallest absolute Gasteiger partial charge is 0.0294 e. The van der Waals surface area contributed by atoms with Crippen LogP contribution < -0.4 is 5.32 Å². The Bertz CT molecular complexity index is 391. The van der Waals surface area contributed by atoms with E-state index in [1.54, 1.807) is 11.1 Å². The molecule has 1 N–H and O–H groups in total. The lowest BCUT2D eigenvalue weighted by Crippen LogP contribution is -2.28. The van der Waals surface area contributed by atoms with Crippen molar-refractivity contribution in [1.29, 1.82) is 0 Å². The fraction of sp³-hybridized carbons (Fsp3) is 0.625. The third-order valence-electron chi connectivity index (χ3n) is 4.46. The number of hydrogen-bond donors (Lipinski definition) is 1. The Labute approximate surface area is 105 Å². The highest BCUT2D eigenvalue weighted by Gasteiger charge is 2.18. The van der Waals surface area contributed by atoms with Crippen LogP contribution in [0.5, 0.6) is 0 Å². The van der Waals surface area contributed by atoms with Gasteiger partial charge < -0.3 is 5.32 Å². The van der Waals surface area contributed by atoms with Crippen LogP contribution in [-0.2, 0) is 12.8 Å². The number of hydrogen-bond acceptors (Lipinski definition) is 1. The van der Waals surface area contributed by atoms with Crippen LogP contribution in [0.15, 0.2) is 18.2 Å². The van der Waals surface area contributed by atoms with Gasteiger partial charge in [0.05, 0.1) is 0 Å². The quantitative estimate of drug-likeness (QED) is 0.832. The molecule has 0 heterocycles. The average Bonchev–Trinajstić information content (AvgIpc) is 2.97. The summed E-state index contributed by atoms with van der Waals surface area (Å²) in [6.07, 6.45) is 9.50. The molecule has 17 heavy (non-hydrogen) atoms. The number of benzene rings is 1. The molecule has 0 saturated heterocycles. The van der Waals surface area contributed by atoms with E-state index in [1.165, 1.54) is 50.5 Å². The first-order chi connectivity index (χ1) is 8.33. The van der Waals surface area contributed by atoms with Crippen molar-refractivity contribution in [2.45, 2.75) is 64.0 Å². The van der Waals surface area contributed by atoms with Gasteiger partial charge in [0.1, 0.15) is 0 Å². The van der Waals surface area contributed by atoms with Gasteiger partial charge in [0.2, 0.25) is 0 Å². The van der Waals surface area contributed by atoms with Crippen LogP contribution in [0.25, 0.3) is 0 Å². The Kier molecular flexibility index (Phi) is 3.19. The molecule has 0 aliphatic heterocycles. The maximum atomic E-state index is 3.79. The van der Waals surface area contributed by atoms with Gasteiger partial charge in [0.15, 0.2) is 0 Å². The van der Waals surface area contributed by atoms with Gasteiger partial charge in [-0.1, -0.05) is 31.0 Å². The van der Waals surface area contributed by atoms with E-state index in [1.807, 2.05) is 0 Å². The summed E-state index contributed by atoms with van der Waals surface area (Å²) in [6.45, 7) is 2.31. The molecule has 1 unspecified atom stereocenters. The second kappa shape index (κ2) is 4.81. The highest BCUT2D eigenvalue weighted by Crippen LogP contribution is 2.27. The molecule has 0 aromatic heterocycles. The fourth-order valence-electron chi connectivity index (χ4n) is 3.40. The maximum absolute atomic E-state index is 3.79. The van der Waals surface area contributed by atoms with Gasteiger partial charge >= 0.3 is 0 Å². The van der Waals surface area contributed by atoms with Gasteiger partial charge in [0.25, 0.3) is 0 Å². The summed E-state index contributed by atoms with van der Waals surface area (Å²) in [4.78, 5) is 0. The molecule has 3 rings (SSSR count). The molecule has 1 saturated carbocycles. The van der Waals surface area contributed by atoms with Crippen molar-refractivity contribution in [2.75, 3.05) is 0 Å². The summed E-state index contributed by atoms with van der Waals surface area (Å²) >= 11 is 0. The van der Waals surface area contributed by atoms with E-state index in [9.17, 15) is 0 Å². The van der Waals surface area contributed by atoms with E-state index in [4.69, 9.17) is 0 Å². The maximum Gasteiger partial charge on any atom is 0.0294 e. The van der Waals surface area contributed by atoms with Gasteiger partial charge in [-0.15, -0.1) is 0 Å². The van der Waals surface area contributed by atoms with Gasteiger partial charge in [-0.05, 0) is 55.7 Å². The monoisotopic (exact) mass is 229 g/mol. The lowest BCUT2D eigenvalue weighted by atomic mass is 10.0. The molecule has 0 bridgehead atoms. The van der Waals surface area contributed by atoms with Gasteiger partial charge in [-0.2, -0.15) is 0 Å². The second-order valence-electron chi connectivity index (χ2n) is 5.75. The second-order valence-corrected chi connectivity index (χ2v) is 5.75. The highest BCUT2D eigenvalue weighted by atomic mass is 14.9. The van der Waals surface area contributed by atoms with E-state index in [-0.39, 0.29) is 0 Å². The topological polar surface area (TPSA) is 12.0 Å². The average molecular weight is 229 g/mol. The van der Waals surface area contributed by atoms with Crippen LogP contribution in [0.2, 0.25) is 0 Å². The molecule has 1 atom stereocenters. The van der Waals surface area contributed by atoms with Crippen LogP contribution in [-0.4, -0.2) is 6.04 Å². The van der Waals surface area contributed by atoms with Crippen molar-refractivity contribution < 1.29 is 0 Å². The fourth-order valence-corrected chi connectivity index (χ4v) is 3.40. The Balaban J connectivity index is 1.70. The van der Waals surface area contributed by atoms with Gasteiger partial charge in [-0.25, -0.2) is 0 Å². The SMILES string of the molecule is CC(NC1CCCC1)c1ccc2c(c1)CCC2. The molecular formula is C16H23N. The minimum Gasteiger partial charge on any atom is -0.307 e. The number of nitrogens with one attached hydrogen (secondary N) is 1. The Morgan fingerprint density at radius 2 is 1.82 bits per heavy atom. The predicted octanol–water partition coefficient (Wildman–Crippen LogP) is 3.77. The lowest BCUT2D eigenvalue weighted by Gasteiger charge is -2.20. The minimum atomic E-state index is 0.518. The third kappa shape index (κ3) is 2.40. The Hall–Kier alpha value is -0.820. The molecule has 2 aliphatic rings. The molecule has 0 spiro atoms. The third-order valence-corrected chi connectivity index (χ3v) is 4.46. The van der Waals surface area contributed by atoms with Gasteiger partial charge in [-0.3, -0.25) is 0 Å². The zero-order valence-electron chi connectivity index (χ0n) is 10.8. The largest absolute Gasteiger partial charge is 0.307 e. The van der Waals surface area contributed by atoms with Crippen LogP contribution in [0.1, 0.15) is 61.8 Å². The van der Waals surface area contributed by atoms with Crippen molar-refractivity contribution in [3.8, 4) is 0 Å². The van der Waals surface area contributed by atoms with Crippen molar-refractivity contribution in [1.82, 2.24) is 5.32 Å². The molecule has 1 heteroatoms. The summed E-state index contributed by atoms with van der Waals surface area (Å²) in [5.41, 5.74) is 4.67. The summed E-state index contributed by atoms with van der Waals surface area (Å²) in [6, 6.07) is 8.40. The van der Waals surface area contributed by atoms with Crippen molar-refractivity contribution in [3.05, 3.63) is 34.9 Å². The van der Waals surface area contributed by atoms with Gasteiger partial charge in [0, 0.05) is 12.1 Å². The molecule has 1 fully saturated rings. The van der Waals surface area contributed by atoms with Crippen LogP contribution in [0.4, 0.5) is 0 Å². The van der Waals surface area contributed by atoms with E-state index in [2.05, 4.69) is 30.4 Å². The predicted molar refractivity (Wildman–Crippen MR) is 72.3 cm³/mol. The number of rotatable bonds is 3. The number of aryl methyl sites for hydroxylation is 2. The molecule has 0 amide bonds. The molecule has 1 aromatic carbocycles. The Morgan fingerprint density at radius 3 is 2.65 bits per heavy atom. The van der Waals surface area contributed by atoms with Crippen LogP contribution in [0.3, 0.4) is 0 Å². The highest BCUT2D eigenvalue weighted by molar-refractivity contribution is 5.36. The van der Waals surface area contributed by atoms with E-state index in [0.29, 0.717) is 6.04 Å². The van der Waals surface area contributed by atoms with E-state index in [0.717, 1.165) is 6.04 Å². The molecule has 1 nitrogen and oxygen atoms in total. The van der Waals surface area contributed by atoms with Crippen molar-refractivity contribution in [2.24, 2.45) is 0 Å². The molecule has 92 valence electrons. The summed E-state index contributed by atoms with van der Waals surface area (Å²) in [7, 11) is 0. The first-order valence-corrected chi connectivity index (χ1v) is 7.21. The lowest BCUT2D eigenvalue weighted by molar-refractivity contribution is 0.461. The number of fused-ring (bicyclic) bond motifs is 1. The minimum absolute atomic E-state index is 0.518. The molecule has 2 aliphatic carbocycles. The molecular weight excluding hydrogens is 206 g/mol. The van der Waals surface area contributed by atoms with E-state index < -0.39 is 0 Å². The first-order valence-electron chi connectivity index (χ1n) is 7.21. The Morgan fingerprint density at radius 1 is 1.06 bits per heavy atom. The van der Waals surface area contributed by atoms with Crippen molar-refractivity contribution >= 4 is 0 Å². The van der Waals surface area contributed by atoms with Crippen LogP contribution in [0, 0.1) is 0 Å². The standard InChI is InChI=1S/C16H23N/c1-12(17-16-7-2-3-8-16)14-10-9-13-5-4-6-15(13)11-14/h9-12,16-17H,2-8H2,1H3. The molecule has 1 aromatic rings. The summed E-state index contributed by atoms with van der Waals surface area (Å²) in [5, 5.41) is 3.79. The van der Waals surface area contributed by atoms with Crippen LogP contribution >= 0.6 is 0 Å². The summed E-state index contributed by atoms with van der Waals surface area (Å²) in [5.74, 6) is 0. The zero-order valence-corrected chi connectivity index (χ0v) is 10.8. The first kappa shape index (κ1) is 11.3. The van der Waals surface area contributed by atoms with E-state index >= 15 is 0 Å². The zero-order chi connectivity index (χ0) is 11.7. The summed E-state index contributed by atoms with van der Waals surface area (Å²) < 4.78 is 0. The van der Waals surface area contributed by atoms with Crippen molar-refractivity contribution in [3.63, 3.8) is 0 Å². The molecule has 0 radical (unpaired) electrons. The normalized spacial score (nSPS) is 21.7.